The molecule has 2 unspecified atom stereocenters. The van der Waals surface area contributed by atoms with E-state index in [1.54, 1.807) is 6.07 Å². The molecule has 20 heavy (non-hydrogen) atoms. The van der Waals surface area contributed by atoms with Crippen LogP contribution in [0.2, 0.25) is 0 Å². The SMILES string of the molecule is CC(=O)NCC(O)C(O)c1ccc(-c2ccccc2)s1. The van der Waals surface area contributed by atoms with Crippen LogP contribution in [0.25, 0.3) is 10.4 Å². The number of benzene rings is 1. The first-order valence-electron chi connectivity index (χ1n) is 6.33. The van der Waals surface area contributed by atoms with Gasteiger partial charge in [0.1, 0.15) is 12.2 Å². The van der Waals surface area contributed by atoms with Crippen LogP contribution in [0.3, 0.4) is 0 Å². The van der Waals surface area contributed by atoms with Gasteiger partial charge >= 0.3 is 0 Å². The van der Waals surface area contributed by atoms with E-state index in [1.165, 1.54) is 18.3 Å². The first-order chi connectivity index (χ1) is 9.58. The number of nitrogens with one attached hydrogen (secondary N) is 1. The molecule has 0 spiro atoms. The second-order valence-corrected chi connectivity index (χ2v) is 5.63. The van der Waals surface area contributed by atoms with Crippen LogP contribution in [0, 0.1) is 0 Å². The number of rotatable bonds is 5. The fourth-order valence-electron chi connectivity index (χ4n) is 1.82. The Morgan fingerprint density at radius 2 is 1.90 bits per heavy atom. The van der Waals surface area contributed by atoms with Crippen molar-refractivity contribution in [2.45, 2.75) is 19.1 Å². The van der Waals surface area contributed by atoms with E-state index < -0.39 is 12.2 Å². The molecular weight excluding hydrogens is 274 g/mol. The summed E-state index contributed by atoms with van der Waals surface area (Å²) < 4.78 is 0. The molecule has 3 N–H and O–H groups in total. The Morgan fingerprint density at radius 3 is 2.55 bits per heavy atom. The predicted molar refractivity (Wildman–Crippen MR) is 79.4 cm³/mol. The molecule has 0 aliphatic heterocycles. The summed E-state index contributed by atoms with van der Waals surface area (Å²) >= 11 is 1.43. The van der Waals surface area contributed by atoms with Crippen LogP contribution in [0.15, 0.2) is 42.5 Å². The van der Waals surface area contributed by atoms with Crippen LogP contribution < -0.4 is 5.32 Å². The minimum Gasteiger partial charge on any atom is -0.388 e. The van der Waals surface area contributed by atoms with E-state index in [2.05, 4.69) is 5.32 Å². The number of carbonyl (C=O) groups excluding carboxylic acids is 1. The molecule has 1 aromatic carbocycles. The van der Waals surface area contributed by atoms with Crippen LogP contribution in [-0.4, -0.2) is 28.8 Å². The van der Waals surface area contributed by atoms with Gasteiger partial charge in [-0.1, -0.05) is 30.3 Å². The maximum Gasteiger partial charge on any atom is 0.216 e. The van der Waals surface area contributed by atoms with Crippen LogP contribution in [0.5, 0.6) is 0 Å². The lowest BCUT2D eigenvalue weighted by molar-refractivity contribution is -0.119. The van der Waals surface area contributed by atoms with Crippen LogP contribution >= 0.6 is 11.3 Å². The zero-order valence-corrected chi connectivity index (χ0v) is 11.9. The molecule has 2 rings (SSSR count). The van der Waals surface area contributed by atoms with Gasteiger partial charge in [-0.25, -0.2) is 0 Å². The van der Waals surface area contributed by atoms with Crippen LogP contribution in [0.4, 0.5) is 0 Å². The van der Waals surface area contributed by atoms with E-state index in [9.17, 15) is 15.0 Å². The van der Waals surface area contributed by atoms with Crippen molar-refractivity contribution in [2.75, 3.05) is 6.54 Å². The van der Waals surface area contributed by atoms with Gasteiger partial charge in [0.2, 0.25) is 5.91 Å². The van der Waals surface area contributed by atoms with Crippen molar-refractivity contribution in [3.63, 3.8) is 0 Å². The van der Waals surface area contributed by atoms with Gasteiger partial charge in [-0.2, -0.15) is 0 Å². The zero-order valence-electron chi connectivity index (χ0n) is 11.1. The molecule has 0 bridgehead atoms. The van der Waals surface area contributed by atoms with E-state index in [0.29, 0.717) is 4.88 Å². The van der Waals surface area contributed by atoms with Crippen molar-refractivity contribution in [1.29, 1.82) is 0 Å². The Balaban J connectivity index is 2.06. The van der Waals surface area contributed by atoms with Gasteiger partial charge in [-0.15, -0.1) is 11.3 Å². The second-order valence-electron chi connectivity index (χ2n) is 4.52. The van der Waals surface area contributed by atoms with Crippen molar-refractivity contribution < 1.29 is 15.0 Å². The third-order valence-electron chi connectivity index (χ3n) is 2.90. The number of aliphatic hydroxyl groups is 2. The molecule has 106 valence electrons. The minimum absolute atomic E-state index is 0.0368. The zero-order chi connectivity index (χ0) is 14.5. The third-order valence-corrected chi connectivity index (χ3v) is 4.11. The van der Waals surface area contributed by atoms with Gasteiger partial charge in [0.15, 0.2) is 0 Å². The average molecular weight is 291 g/mol. The molecule has 2 aromatic rings. The second kappa shape index (κ2) is 6.65. The van der Waals surface area contributed by atoms with E-state index >= 15 is 0 Å². The maximum absolute atomic E-state index is 10.8. The lowest BCUT2D eigenvalue weighted by Crippen LogP contribution is -2.33. The van der Waals surface area contributed by atoms with Gasteiger partial charge in [-0.05, 0) is 17.7 Å². The highest BCUT2D eigenvalue weighted by atomic mass is 32.1. The summed E-state index contributed by atoms with van der Waals surface area (Å²) in [7, 11) is 0. The molecule has 0 aliphatic carbocycles. The van der Waals surface area contributed by atoms with Crippen molar-refractivity contribution >= 4 is 17.2 Å². The first-order valence-corrected chi connectivity index (χ1v) is 7.15. The molecule has 0 fully saturated rings. The molecule has 1 aromatic heterocycles. The summed E-state index contributed by atoms with van der Waals surface area (Å²) in [4.78, 5) is 12.5. The Hall–Kier alpha value is -1.69. The maximum atomic E-state index is 10.8. The molecule has 0 saturated heterocycles. The number of hydrogen-bond donors (Lipinski definition) is 3. The van der Waals surface area contributed by atoms with Crippen molar-refractivity contribution in [2.24, 2.45) is 0 Å². The molecule has 1 heterocycles. The summed E-state index contributed by atoms with van der Waals surface area (Å²) in [6.45, 7) is 1.41. The van der Waals surface area contributed by atoms with Crippen molar-refractivity contribution in [3.05, 3.63) is 47.3 Å². The normalized spacial score (nSPS) is 13.8. The summed E-state index contributed by atoms with van der Waals surface area (Å²) in [5.74, 6) is -0.229. The number of aliphatic hydroxyl groups excluding tert-OH is 2. The molecule has 1 amide bonds. The largest absolute Gasteiger partial charge is 0.388 e. The Bertz CT molecular complexity index is 568. The number of amides is 1. The van der Waals surface area contributed by atoms with Gasteiger partial charge in [-0.3, -0.25) is 4.79 Å². The van der Waals surface area contributed by atoms with Crippen molar-refractivity contribution in [3.8, 4) is 10.4 Å². The molecule has 4 nitrogen and oxygen atoms in total. The monoisotopic (exact) mass is 291 g/mol. The number of carbonyl (C=O) groups is 1. The van der Waals surface area contributed by atoms with Gasteiger partial charge in [0, 0.05) is 23.2 Å². The van der Waals surface area contributed by atoms with Crippen molar-refractivity contribution in [1.82, 2.24) is 5.32 Å². The molecule has 0 saturated carbocycles. The quantitative estimate of drug-likeness (QED) is 0.788. The lowest BCUT2D eigenvalue weighted by Gasteiger charge is -2.16. The number of thiophene rings is 1. The Morgan fingerprint density at radius 1 is 1.20 bits per heavy atom. The predicted octanol–water partition coefficient (Wildman–Crippen LogP) is 1.95. The van der Waals surface area contributed by atoms with Crippen LogP contribution in [0.1, 0.15) is 17.9 Å². The molecular formula is C15H17NO3S. The Kier molecular flexibility index (Phi) is 4.89. The minimum atomic E-state index is -1.01. The standard InChI is InChI=1S/C15H17NO3S/c1-10(17)16-9-12(18)15(19)14-8-7-13(20-14)11-5-3-2-4-6-11/h2-8,12,15,18-19H,9H2,1H3,(H,16,17). The summed E-state index contributed by atoms with van der Waals surface area (Å²) in [6, 6.07) is 13.6. The summed E-state index contributed by atoms with van der Waals surface area (Å²) in [6.07, 6.45) is -2.01. The highest BCUT2D eigenvalue weighted by Crippen LogP contribution is 2.32. The van der Waals surface area contributed by atoms with Gasteiger partial charge < -0.3 is 15.5 Å². The number of hydrogen-bond acceptors (Lipinski definition) is 4. The Labute approximate surface area is 121 Å². The average Bonchev–Trinajstić information content (AvgIpc) is 2.94. The molecule has 5 heteroatoms. The fraction of sp³-hybridized carbons (Fsp3) is 0.267. The summed E-state index contributed by atoms with van der Waals surface area (Å²) in [5.41, 5.74) is 1.08. The first kappa shape index (κ1) is 14.7. The van der Waals surface area contributed by atoms with E-state index in [0.717, 1.165) is 10.4 Å². The van der Waals surface area contributed by atoms with E-state index in [-0.39, 0.29) is 12.5 Å². The highest BCUT2D eigenvalue weighted by Gasteiger charge is 2.20. The lowest BCUT2D eigenvalue weighted by atomic mass is 10.1. The molecule has 0 radical (unpaired) electrons. The molecule has 0 aliphatic rings. The van der Waals surface area contributed by atoms with E-state index in [1.807, 2.05) is 36.4 Å². The third kappa shape index (κ3) is 3.66. The highest BCUT2D eigenvalue weighted by molar-refractivity contribution is 7.15. The smallest absolute Gasteiger partial charge is 0.216 e. The van der Waals surface area contributed by atoms with Crippen LogP contribution in [-0.2, 0) is 4.79 Å². The topological polar surface area (TPSA) is 69.6 Å². The van der Waals surface area contributed by atoms with Gasteiger partial charge in [0.05, 0.1) is 0 Å². The van der Waals surface area contributed by atoms with Gasteiger partial charge in [0.25, 0.3) is 0 Å². The fourth-order valence-corrected chi connectivity index (χ4v) is 2.88. The van der Waals surface area contributed by atoms with E-state index in [4.69, 9.17) is 0 Å². The molecule has 2 atom stereocenters. The summed E-state index contributed by atoms with van der Waals surface area (Å²) in [5, 5.41) is 22.4.